The first-order valence-electron chi connectivity index (χ1n) is 5.78. The summed E-state index contributed by atoms with van der Waals surface area (Å²) in [6.45, 7) is 0. The van der Waals surface area contributed by atoms with Crippen LogP contribution in [0.25, 0.3) is 6.08 Å². The van der Waals surface area contributed by atoms with Crippen LogP contribution in [-0.2, 0) is 4.79 Å². The van der Waals surface area contributed by atoms with Gasteiger partial charge in [0.25, 0.3) is 11.1 Å². The molecule has 3 rings (SSSR count). The van der Waals surface area contributed by atoms with E-state index in [9.17, 15) is 9.59 Å². The average molecular weight is 303 g/mol. The molecule has 100 valence electrons. The van der Waals surface area contributed by atoms with Crippen molar-refractivity contribution in [2.75, 3.05) is 0 Å². The van der Waals surface area contributed by atoms with Crippen LogP contribution in [-0.4, -0.2) is 11.1 Å². The van der Waals surface area contributed by atoms with E-state index in [-0.39, 0.29) is 11.1 Å². The highest BCUT2D eigenvalue weighted by molar-refractivity contribution is 8.18. The molecule has 1 aliphatic rings. The second-order valence-electron chi connectivity index (χ2n) is 3.92. The van der Waals surface area contributed by atoms with E-state index in [0.717, 1.165) is 21.7 Å². The molecule has 1 aromatic heterocycles. The lowest BCUT2D eigenvalue weighted by atomic mass is 10.4. The first-order chi connectivity index (χ1) is 9.70. The summed E-state index contributed by atoms with van der Waals surface area (Å²) in [6, 6.07) is 13.5. The Balaban J connectivity index is 1.76. The predicted octanol–water partition coefficient (Wildman–Crippen LogP) is 3.75. The molecule has 1 saturated heterocycles. The Kier molecular flexibility index (Phi) is 3.66. The molecule has 0 aliphatic carbocycles. The molecule has 20 heavy (non-hydrogen) atoms. The average Bonchev–Trinajstić information content (AvgIpc) is 2.98. The van der Waals surface area contributed by atoms with Crippen molar-refractivity contribution in [2.45, 2.75) is 9.99 Å². The Morgan fingerprint density at radius 3 is 2.60 bits per heavy atom. The molecule has 2 amide bonds. The molecule has 2 heterocycles. The fraction of sp³-hybridized carbons (Fsp3) is 0. The van der Waals surface area contributed by atoms with Crippen molar-refractivity contribution in [2.24, 2.45) is 0 Å². The highest BCUT2D eigenvalue weighted by Gasteiger charge is 2.25. The van der Waals surface area contributed by atoms with Gasteiger partial charge in [0, 0.05) is 11.0 Å². The van der Waals surface area contributed by atoms with Gasteiger partial charge in [-0.2, -0.15) is 0 Å². The summed E-state index contributed by atoms with van der Waals surface area (Å²) in [4.78, 5) is 23.9. The zero-order valence-electron chi connectivity index (χ0n) is 10.2. The maximum Gasteiger partial charge on any atom is 0.290 e. The fourth-order valence-corrected chi connectivity index (χ4v) is 3.08. The summed E-state index contributed by atoms with van der Waals surface area (Å²) < 4.78 is 5.62. The number of rotatable bonds is 3. The normalized spacial score (nSPS) is 16.7. The number of nitrogens with one attached hydrogen (secondary N) is 1. The molecule has 1 aromatic carbocycles. The van der Waals surface area contributed by atoms with Gasteiger partial charge in [0.1, 0.15) is 5.76 Å². The molecule has 4 nitrogen and oxygen atoms in total. The minimum atomic E-state index is -0.381. The van der Waals surface area contributed by atoms with E-state index in [2.05, 4.69) is 5.32 Å². The molecule has 0 atom stereocenters. The van der Waals surface area contributed by atoms with Gasteiger partial charge in [0.05, 0.1) is 4.91 Å². The van der Waals surface area contributed by atoms with Crippen LogP contribution in [0.2, 0.25) is 0 Å². The number of furan rings is 1. The van der Waals surface area contributed by atoms with Crippen molar-refractivity contribution < 1.29 is 14.0 Å². The molecular weight excluding hydrogens is 294 g/mol. The molecule has 1 fully saturated rings. The molecule has 0 unspecified atom stereocenters. The van der Waals surface area contributed by atoms with Crippen molar-refractivity contribution >= 4 is 40.7 Å². The van der Waals surface area contributed by atoms with E-state index in [0.29, 0.717) is 10.7 Å². The topological polar surface area (TPSA) is 59.3 Å². The second kappa shape index (κ2) is 5.60. The number of imide groups is 1. The van der Waals surface area contributed by atoms with Crippen LogP contribution in [0.3, 0.4) is 0 Å². The van der Waals surface area contributed by atoms with Crippen molar-refractivity contribution in [1.82, 2.24) is 5.32 Å². The molecule has 2 aromatic rings. The van der Waals surface area contributed by atoms with E-state index in [1.54, 1.807) is 12.1 Å². The molecular formula is C14H9NO3S2. The molecule has 1 aliphatic heterocycles. The van der Waals surface area contributed by atoms with Gasteiger partial charge in [0.2, 0.25) is 0 Å². The molecule has 6 heteroatoms. The lowest BCUT2D eigenvalue weighted by Gasteiger charge is -1.96. The molecule has 0 bridgehead atoms. The van der Waals surface area contributed by atoms with E-state index < -0.39 is 0 Å². The molecule has 0 spiro atoms. The van der Waals surface area contributed by atoms with Gasteiger partial charge < -0.3 is 4.42 Å². The predicted molar refractivity (Wildman–Crippen MR) is 78.4 cm³/mol. The van der Waals surface area contributed by atoms with Gasteiger partial charge in [-0.1, -0.05) is 30.0 Å². The number of benzene rings is 1. The third-order valence-electron chi connectivity index (χ3n) is 2.48. The van der Waals surface area contributed by atoms with Gasteiger partial charge in [-0.15, -0.1) is 0 Å². The highest BCUT2D eigenvalue weighted by Crippen LogP contribution is 2.31. The lowest BCUT2D eigenvalue weighted by Crippen LogP contribution is -2.17. The summed E-state index contributed by atoms with van der Waals surface area (Å²) in [5.41, 5.74) is 0. The molecule has 1 N–H and O–H groups in total. The summed E-state index contributed by atoms with van der Waals surface area (Å²) in [6.07, 6.45) is 1.57. The van der Waals surface area contributed by atoms with Gasteiger partial charge in [-0.05, 0) is 36.0 Å². The quantitative estimate of drug-likeness (QED) is 0.875. The second-order valence-corrected chi connectivity index (χ2v) is 6.02. The maximum atomic E-state index is 11.4. The number of hydrogen-bond donors (Lipinski definition) is 1. The van der Waals surface area contributed by atoms with Crippen LogP contribution in [0.4, 0.5) is 4.79 Å². The Morgan fingerprint density at radius 1 is 1.10 bits per heavy atom. The minimum absolute atomic E-state index is 0.348. The SMILES string of the molecule is O=C1NC(=O)C(=Cc2ccc(Sc3ccccc3)o2)S1. The van der Waals surface area contributed by atoms with Gasteiger partial charge in [-0.25, -0.2) is 0 Å². The van der Waals surface area contributed by atoms with E-state index in [4.69, 9.17) is 4.42 Å². The highest BCUT2D eigenvalue weighted by atomic mass is 32.2. The number of carbonyl (C=O) groups is 2. The van der Waals surface area contributed by atoms with Crippen LogP contribution in [0.15, 0.2) is 61.8 Å². The van der Waals surface area contributed by atoms with Gasteiger partial charge in [-0.3, -0.25) is 14.9 Å². The maximum absolute atomic E-state index is 11.4. The molecule has 0 saturated carbocycles. The number of thioether (sulfide) groups is 1. The summed E-state index contributed by atoms with van der Waals surface area (Å²) in [5.74, 6) is 0.171. The zero-order valence-corrected chi connectivity index (χ0v) is 11.8. The minimum Gasteiger partial charge on any atom is -0.450 e. The largest absolute Gasteiger partial charge is 0.450 e. The number of carbonyl (C=O) groups excluding carboxylic acids is 2. The van der Waals surface area contributed by atoms with Crippen molar-refractivity contribution in [3.63, 3.8) is 0 Å². The van der Waals surface area contributed by atoms with Crippen molar-refractivity contribution in [1.29, 1.82) is 0 Å². The Bertz CT molecular complexity index is 691. The smallest absolute Gasteiger partial charge is 0.290 e. The number of amides is 2. The van der Waals surface area contributed by atoms with Crippen LogP contribution in [0.5, 0.6) is 0 Å². The zero-order chi connectivity index (χ0) is 13.9. The van der Waals surface area contributed by atoms with Crippen LogP contribution >= 0.6 is 23.5 Å². The first kappa shape index (κ1) is 13.1. The van der Waals surface area contributed by atoms with E-state index >= 15 is 0 Å². The van der Waals surface area contributed by atoms with Gasteiger partial charge in [0.15, 0.2) is 5.09 Å². The first-order valence-corrected chi connectivity index (χ1v) is 7.41. The summed E-state index contributed by atoms with van der Waals surface area (Å²) >= 11 is 2.37. The summed E-state index contributed by atoms with van der Waals surface area (Å²) in [7, 11) is 0. The van der Waals surface area contributed by atoms with E-state index in [1.807, 2.05) is 36.4 Å². The Morgan fingerprint density at radius 2 is 1.90 bits per heavy atom. The van der Waals surface area contributed by atoms with Crippen LogP contribution < -0.4 is 5.32 Å². The third kappa shape index (κ3) is 2.97. The monoisotopic (exact) mass is 303 g/mol. The van der Waals surface area contributed by atoms with Crippen molar-refractivity contribution in [3.05, 3.63) is 53.1 Å². The van der Waals surface area contributed by atoms with Crippen LogP contribution in [0.1, 0.15) is 5.76 Å². The van der Waals surface area contributed by atoms with Crippen molar-refractivity contribution in [3.8, 4) is 0 Å². The van der Waals surface area contributed by atoms with E-state index in [1.165, 1.54) is 11.8 Å². The summed E-state index contributed by atoms with van der Waals surface area (Å²) in [5, 5.41) is 2.58. The lowest BCUT2D eigenvalue weighted by molar-refractivity contribution is -0.115. The standard InChI is InChI=1S/C14H9NO3S2/c16-13-11(20-14(17)15-13)8-9-6-7-12(18-9)19-10-4-2-1-3-5-10/h1-8H,(H,15,16,17). The van der Waals surface area contributed by atoms with Gasteiger partial charge >= 0.3 is 0 Å². The molecule has 0 radical (unpaired) electrons. The Hall–Kier alpha value is -1.92. The van der Waals surface area contributed by atoms with Crippen LogP contribution in [0, 0.1) is 0 Å². The number of hydrogen-bond acceptors (Lipinski definition) is 5. The third-order valence-corrected chi connectivity index (χ3v) is 4.22. The fourth-order valence-electron chi connectivity index (χ4n) is 1.62. The Labute approximate surface area is 123 Å².